The van der Waals surface area contributed by atoms with Gasteiger partial charge in [-0.05, 0) is 13.0 Å². The van der Waals surface area contributed by atoms with E-state index in [0.717, 1.165) is 10.7 Å². The predicted octanol–water partition coefficient (Wildman–Crippen LogP) is 2.73. The summed E-state index contributed by atoms with van der Waals surface area (Å²) in [6, 6.07) is 0. The highest BCUT2D eigenvalue weighted by Crippen LogP contribution is 2.14. The largest absolute Gasteiger partial charge is 0.265 e. The van der Waals surface area contributed by atoms with Crippen LogP contribution in [0.3, 0.4) is 0 Å². The van der Waals surface area contributed by atoms with Crippen LogP contribution in [-0.2, 0) is 0 Å². The summed E-state index contributed by atoms with van der Waals surface area (Å²) in [4.78, 5) is 4.15. The number of aliphatic imine (C=N–C) groups is 1. The molecule has 0 saturated heterocycles. The fourth-order valence-corrected chi connectivity index (χ4v) is 1.17. The molecule has 10 heavy (non-hydrogen) atoms. The van der Waals surface area contributed by atoms with Crippen LogP contribution in [0.4, 0.5) is 0 Å². The van der Waals surface area contributed by atoms with Crippen molar-refractivity contribution in [2.75, 3.05) is 0 Å². The molecule has 1 unspecified atom stereocenters. The normalized spacial score (nSPS) is 25.3. The molecule has 0 radical (unpaired) electrons. The first-order chi connectivity index (χ1) is 4.68. The Morgan fingerprint density at radius 1 is 1.60 bits per heavy atom. The van der Waals surface area contributed by atoms with Crippen molar-refractivity contribution in [3.63, 3.8) is 0 Å². The molecule has 0 aliphatic carbocycles. The van der Waals surface area contributed by atoms with Crippen LogP contribution in [0.25, 0.3) is 0 Å². The third kappa shape index (κ3) is 1.99. The molecule has 2 heteroatoms. The van der Waals surface area contributed by atoms with E-state index in [2.05, 4.69) is 11.9 Å². The first kappa shape index (κ1) is 7.55. The molecule has 1 aliphatic heterocycles. The molecule has 0 aromatic rings. The smallest absolute Gasteiger partial charge is 0.0390 e. The van der Waals surface area contributed by atoms with E-state index in [1.807, 2.05) is 25.3 Å². The van der Waals surface area contributed by atoms with Gasteiger partial charge >= 0.3 is 0 Å². The molecule has 1 aliphatic rings. The van der Waals surface area contributed by atoms with E-state index in [1.54, 1.807) is 0 Å². The molecular formula is C8H10ClN. The highest BCUT2D eigenvalue weighted by atomic mass is 35.5. The molecule has 0 bridgehead atoms. The Morgan fingerprint density at radius 2 is 2.30 bits per heavy atom. The molecule has 0 saturated carbocycles. The second kappa shape index (κ2) is 3.02. The topological polar surface area (TPSA) is 12.4 Å². The first-order valence-electron chi connectivity index (χ1n) is 3.28. The van der Waals surface area contributed by atoms with Crippen LogP contribution >= 0.6 is 11.6 Å². The van der Waals surface area contributed by atoms with Gasteiger partial charge < -0.3 is 0 Å². The van der Waals surface area contributed by atoms with Crippen molar-refractivity contribution >= 4 is 17.8 Å². The zero-order valence-corrected chi connectivity index (χ0v) is 6.89. The Morgan fingerprint density at radius 3 is 3.00 bits per heavy atom. The van der Waals surface area contributed by atoms with Gasteiger partial charge in [-0.3, -0.25) is 4.99 Å². The number of halogens is 1. The van der Waals surface area contributed by atoms with E-state index in [4.69, 9.17) is 11.6 Å². The van der Waals surface area contributed by atoms with Crippen LogP contribution < -0.4 is 0 Å². The third-order valence-corrected chi connectivity index (χ3v) is 1.52. The van der Waals surface area contributed by atoms with Crippen molar-refractivity contribution in [1.82, 2.24) is 0 Å². The predicted molar refractivity (Wildman–Crippen MR) is 45.3 cm³/mol. The molecule has 54 valence electrons. The summed E-state index contributed by atoms with van der Waals surface area (Å²) in [5, 5.41) is 0.780. The Balaban J connectivity index is 2.88. The standard InChI is InChI=1S/C8H10ClN/c1-6-3-8(9)4-7(2)10-5-6/h3-6H,1-2H3. The van der Waals surface area contributed by atoms with Gasteiger partial charge in [0, 0.05) is 22.9 Å². The van der Waals surface area contributed by atoms with Gasteiger partial charge in [0.15, 0.2) is 0 Å². The lowest BCUT2D eigenvalue weighted by molar-refractivity contribution is 1.02. The molecule has 0 spiro atoms. The Labute approximate surface area is 66.1 Å². The van der Waals surface area contributed by atoms with Gasteiger partial charge in [0.1, 0.15) is 0 Å². The first-order valence-corrected chi connectivity index (χ1v) is 3.66. The van der Waals surface area contributed by atoms with Gasteiger partial charge in [-0.25, -0.2) is 0 Å². The number of rotatable bonds is 0. The lowest BCUT2D eigenvalue weighted by Crippen LogP contribution is -1.88. The van der Waals surface area contributed by atoms with Gasteiger partial charge in [0.25, 0.3) is 0 Å². The zero-order valence-electron chi connectivity index (χ0n) is 6.13. The van der Waals surface area contributed by atoms with Crippen LogP contribution in [0.2, 0.25) is 0 Å². The highest BCUT2D eigenvalue weighted by molar-refractivity contribution is 6.31. The van der Waals surface area contributed by atoms with E-state index in [0.29, 0.717) is 5.92 Å². The number of nitrogens with zero attached hydrogens (tertiary/aromatic N) is 1. The SMILES string of the molecule is CC1=CC(Cl)=CC(C)C=N1. The molecule has 0 N–H and O–H groups in total. The maximum Gasteiger partial charge on any atom is 0.0390 e. The zero-order chi connectivity index (χ0) is 7.56. The Bertz CT molecular complexity index is 213. The van der Waals surface area contributed by atoms with Crippen molar-refractivity contribution in [3.8, 4) is 0 Å². The van der Waals surface area contributed by atoms with E-state index in [-0.39, 0.29) is 0 Å². The lowest BCUT2D eigenvalue weighted by Gasteiger charge is -1.92. The molecule has 1 nitrogen and oxygen atoms in total. The van der Waals surface area contributed by atoms with E-state index < -0.39 is 0 Å². The Kier molecular flexibility index (Phi) is 2.28. The second-order valence-corrected chi connectivity index (χ2v) is 2.91. The summed E-state index contributed by atoms with van der Waals surface area (Å²) < 4.78 is 0. The van der Waals surface area contributed by atoms with Crippen LogP contribution in [0.15, 0.2) is 27.9 Å². The molecule has 0 aromatic heterocycles. The number of hydrogen-bond acceptors (Lipinski definition) is 1. The summed E-state index contributed by atoms with van der Waals surface area (Å²) in [6.45, 7) is 3.99. The summed E-state index contributed by atoms with van der Waals surface area (Å²) in [5.74, 6) is 0.348. The van der Waals surface area contributed by atoms with Gasteiger partial charge in [-0.1, -0.05) is 24.6 Å². The van der Waals surface area contributed by atoms with Crippen LogP contribution in [0.5, 0.6) is 0 Å². The summed E-state index contributed by atoms with van der Waals surface area (Å²) in [5.41, 5.74) is 0.964. The summed E-state index contributed by atoms with van der Waals surface area (Å²) in [6.07, 6.45) is 5.73. The molecular weight excluding hydrogens is 146 g/mol. The minimum atomic E-state index is 0.348. The number of allylic oxidation sites excluding steroid dienone is 4. The van der Waals surface area contributed by atoms with Crippen molar-refractivity contribution in [2.45, 2.75) is 13.8 Å². The molecule has 1 rings (SSSR count). The molecule has 1 heterocycles. The van der Waals surface area contributed by atoms with Crippen molar-refractivity contribution in [2.24, 2.45) is 10.9 Å². The summed E-state index contributed by atoms with van der Waals surface area (Å²) >= 11 is 5.82. The maximum atomic E-state index is 5.82. The fourth-order valence-electron chi connectivity index (χ4n) is 0.814. The van der Waals surface area contributed by atoms with Crippen LogP contribution in [0.1, 0.15) is 13.8 Å². The fraction of sp³-hybridized carbons (Fsp3) is 0.375. The van der Waals surface area contributed by atoms with E-state index in [1.165, 1.54) is 0 Å². The van der Waals surface area contributed by atoms with E-state index in [9.17, 15) is 0 Å². The van der Waals surface area contributed by atoms with Gasteiger partial charge in [0.2, 0.25) is 0 Å². The minimum absolute atomic E-state index is 0.348. The molecule has 1 atom stereocenters. The minimum Gasteiger partial charge on any atom is -0.265 e. The van der Waals surface area contributed by atoms with Crippen LogP contribution in [-0.4, -0.2) is 6.21 Å². The van der Waals surface area contributed by atoms with Crippen molar-refractivity contribution in [1.29, 1.82) is 0 Å². The average Bonchev–Trinajstić information content (AvgIpc) is 1.93. The van der Waals surface area contributed by atoms with Gasteiger partial charge in [-0.2, -0.15) is 0 Å². The quantitative estimate of drug-likeness (QED) is 0.510. The lowest BCUT2D eigenvalue weighted by atomic mass is 10.2. The van der Waals surface area contributed by atoms with E-state index >= 15 is 0 Å². The molecule has 0 aromatic carbocycles. The second-order valence-electron chi connectivity index (χ2n) is 2.47. The van der Waals surface area contributed by atoms with Crippen LogP contribution in [0, 0.1) is 5.92 Å². The number of hydrogen-bond donors (Lipinski definition) is 0. The van der Waals surface area contributed by atoms with Crippen molar-refractivity contribution < 1.29 is 0 Å². The van der Waals surface area contributed by atoms with Crippen molar-refractivity contribution in [3.05, 3.63) is 22.9 Å². The van der Waals surface area contributed by atoms with Gasteiger partial charge in [0.05, 0.1) is 0 Å². The monoisotopic (exact) mass is 155 g/mol. The third-order valence-electron chi connectivity index (χ3n) is 1.28. The Hall–Kier alpha value is -0.560. The highest BCUT2D eigenvalue weighted by Gasteiger charge is 1.99. The molecule has 0 fully saturated rings. The average molecular weight is 156 g/mol. The maximum absolute atomic E-state index is 5.82. The summed E-state index contributed by atoms with van der Waals surface area (Å²) in [7, 11) is 0. The van der Waals surface area contributed by atoms with Gasteiger partial charge in [-0.15, -0.1) is 0 Å². The molecule has 0 amide bonds.